The van der Waals surface area contributed by atoms with Crippen molar-refractivity contribution in [3.63, 3.8) is 0 Å². The Morgan fingerprint density at radius 1 is 1.24 bits per heavy atom. The Morgan fingerprint density at radius 3 is 2.67 bits per heavy atom. The highest BCUT2D eigenvalue weighted by atomic mass is 79.9. The molecule has 0 aliphatic heterocycles. The molecule has 0 saturated carbocycles. The maximum absolute atomic E-state index is 5.81. The van der Waals surface area contributed by atoms with E-state index in [2.05, 4.69) is 48.1 Å². The number of ether oxygens (including phenoxy) is 1. The van der Waals surface area contributed by atoms with Gasteiger partial charge in [-0.25, -0.2) is 0 Å². The zero-order valence-electron chi connectivity index (χ0n) is 13.0. The number of nitrogens with one attached hydrogen (secondary N) is 1. The third-order valence-corrected chi connectivity index (χ3v) is 3.85. The monoisotopic (exact) mass is 351 g/mol. The van der Waals surface area contributed by atoms with Crippen molar-refractivity contribution in [2.75, 3.05) is 0 Å². The van der Waals surface area contributed by atoms with E-state index in [1.807, 2.05) is 25.1 Å². The van der Waals surface area contributed by atoms with Gasteiger partial charge in [0.05, 0.1) is 4.47 Å². The molecule has 0 bridgehead atoms. The number of rotatable bonds is 6. The fraction of sp³-hybridized carbons (Fsp3) is 0.412. The second kappa shape index (κ2) is 7.14. The summed E-state index contributed by atoms with van der Waals surface area (Å²) < 4.78 is 12.5. The average Bonchev–Trinajstić information content (AvgIpc) is 2.76. The van der Waals surface area contributed by atoms with Gasteiger partial charge in [-0.3, -0.25) is 0 Å². The Bertz CT molecular complexity index is 605. The number of halogens is 1. The summed E-state index contributed by atoms with van der Waals surface area (Å²) in [6.07, 6.45) is 0. The minimum atomic E-state index is 0.435. The number of aryl methyl sites for hydroxylation is 2. The maximum atomic E-state index is 5.81. The predicted molar refractivity (Wildman–Crippen MR) is 88.6 cm³/mol. The first kappa shape index (κ1) is 16.1. The van der Waals surface area contributed by atoms with Crippen LogP contribution in [0.5, 0.6) is 5.75 Å². The summed E-state index contributed by atoms with van der Waals surface area (Å²) in [4.78, 5) is 0. The Balaban J connectivity index is 1.98. The molecule has 0 unspecified atom stereocenters. The summed E-state index contributed by atoms with van der Waals surface area (Å²) in [5.41, 5.74) is 2.38. The first-order chi connectivity index (χ1) is 9.95. The van der Waals surface area contributed by atoms with Crippen LogP contribution < -0.4 is 10.1 Å². The molecule has 0 aliphatic carbocycles. The Labute approximate surface area is 134 Å². The van der Waals surface area contributed by atoms with Gasteiger partial charge in [0.2, 0.25) is 0 Å². The molecule has 1 aromatic heterocycles. The highest BCUT2D eigenvalue weighted by Gasteiger charge is 2.09. The van der Waals surface area contributed by atoms with Gasteiger partial charge in [0.25, 0.3) is 0 Å². The SMILES string of the molecule is Cc1ccc(OCc2cc(CNC(C)C)c(C)o2)c(Br)c1. The molecule has 0 amide bonds. The number of hydrogen-bond acceptors (Lipinski definition) is 3. The molecule has 0 aliphatic rings. The fourth-order valence-electron chi connectivity index (χ4n) is 2.02. The number of benzene rings is 1. The van der Waals surface area contributed by atoms with E-state index in [0.29, 0.717) is 12.6 Å². The molecule has 2 rings (SSSR count). The number of hydrogen-bond donors (Lipinski definition) is 1. The quantitative estimate of drug-likeness (QED) is 0.816. The van der Waals surface area contributed by atoms with Crippen molar-refractivity contribution in [3.8, 4) is 5.75 Å². The molecule has 21 heavy (non-hydrogen) atoms. The van der Waals surface area contributed by atoms with Gasteiger partial charge in [0, 0.05) is 18.2 Å². The molecule has 114 valence electrons. The molecule has 2 aromatic rings. The van der Waals surface area contributed by atoms with Gasteiger partial charge in [-0.2, -0.15) is 0 Å². The van der Waals surface area contributed by atoms with E-state index >= 15 is 0 Å². The lowest BCUT2D eigenvalue weighted by Crippen LogP contribution is -2.21. The van der Waals surface area contributed by atoms with Gasteiger partial charge in [-0.05, 0) is 53.5 Å². The van der Waals surface area contributed by atoms with Crippen LogP contribution in [-0.4, -0.2) is 6.04 Å². The van der Waals surface area contributed by atoms with Crippen molar-refractivity contribution < 1.29 is 9.15 Å². The highest BCUT2D eigenvalue weighted by molar-refractivity contribution is 9.10. The van der Waals surface area contributed by atoms with Crippen LogP contribution in [0.15, 0.2) is 33.2 Å². The van der Waals surface area contributed by atoms with Gasteiger partial charge < -0.3 is 14.5 Å². The molecule has 0 spiro atoms. The normalized spacial score (nSPS) is 11.1. The van der Waals surface area contributed by atoms with Gasteiger partial charge in [-0.1, -0.05) is 19.9 Å². The van der Waals surface area contributed by atoms with Crippen molar-refractivity contribution in [3.05, 3.63) is 51.4 Å². The fourth-order valence-corrected chi connectivity index (χ4v) is 2.63. The van der Waals surface area contributed by atoms with Crippen LogP contribution in [0.2, 0.25) is 0 Å². The van der Waals surface area contributed by atoms with Gasteiger partial charge in [-0.15, -0.1) is 0 Å². The van der Waals surface area contributed by atoms with Crippen LogP contribution in [-0.2, 0) is 13.2 Å². The zero-order valence-corrected chi connectivity index (χ0v) is 14.6. The van der Waals surface area contributed by atoms with Crippen LogP contribution in [0, 0.1) is 13.8 Å². The smallest absolute Gasteiger partial charge is 0.146 e. The van der Waals surface area contributed by atoms with Crippen molar-refractivity contribution in [2.45, 2.75) is 46.9 Å². The van der Waals surface area contributed by atoms with Crippen molar-refractivity contribution in [1.82, 2.24) is 5.32 Å². The van der Waals surface area contributed by atoms with E-state index in [1.54, 1.807) is 0 Å². The van der Waals surface area contributed by atoms with Crippen LogP contribution in [0.3, 0.4) is 0 Å². The maximum Gasteiger partial charge on any atom is 0.146 e. The topological polar surface area (TPSA) is 34.4 Å². The molecular weight excluding hydrogens is 330 g/mol. The number of furan rings is 1. The molecular formula is C17H22BrNO2. The second-order valence-corrected chi connectivity index (χ2v) is 6.41. The minimum Gasteiger partial charge on any atom is -0.484 e. The third-order valence-electron chi connectivity index (χ3n) is 3.23. The predicted octanol–water partition coefficient (Wildman–Crippen LogP) is 4.74. The van der Waals surface area contributed by atoms with Gasteiger partial charge >= 0.3 is 0 Å². The second-order valence-electron chi connectivity index (χ2n) is 5.55. The van der Waals surface area contributed by atoms with Crippen LogP contribution in [0.4, 0.5) is 0 Å². The molecule has 1 aromatic carbocycles. The lowest BCUT2D eigenvalue weighted by Gasteiger charge is -2.07. The van der Waals surface area contributed by atoms with Crippen LogP contribution >= 0.6 is 15.9 Å². The van der Waals surface area contributed by atoms with Crippen LogP contribution in [0.1, 0.15) is 36.5 Å². The molecule has 1 heterocycles. The van der Waals surface area contributed by atoms with Crippen molar-refractivity contribution >= 4 is 15.9 Å². The Kier molecular flexibility index (Phi) is 5.48. The minimum absolute atomic E-state index is 0.435. The average molecular weight is 352 g/mol. The Hall–Kier alpha value is -1.26. The van der Waals surface area contributed by atoms with E-state index in [1.165, 1.54) is 11.1 Å². The summed E-state index contributed by atoms with van der Waals surface area (Å²) in [6.45, 7) is 9.56. The van der Waals surface area contributed by atoms with Crippen LogP contribution in [0.25, 0.3) is 0 Å². The summed E-state index contributed by atoms with van der Waals surface area (Å²) in [5, 5.41) is 3.40. The van der Waals surface area contributed by atoms with Gasteiger partial charge in [0.15, 0.2) is 0 Å². The van der Waals surface area contributed by atoms with Crippen molar-refractivity contribution in [2.24, 2.45) is 0 Å². The summed E-state index contributed by atoms with van der Waals surface area (Å²) in [7, 11) is 0. The largest absolute Gasteiger partial charge is 0.484 e. The molecule has 0 fully saturated rings. The molecule has 0 radical (unpaired) electrons. The summed E-state index contributed by atoms with van der Waals surface area (Å²) in [6, 6.07) is 8.57. The lowest BCUT2D eigenvalue weighted by molar-refractivity contribution is 0.266. The molecule has 1 N–H and O–H groups in total. The molecule has 0 atom stereocenters. The van der Waals surface area contributed by atoms with E-state index in [-0.39, 0.29) is 0 Å². The highest BCUT2D eigenvalue weighted by Crippen LogP contribution is 2.27. The third kappa shape index (κ3) is 4.61. The molecule has 0 saturated heterocycles. The van der Waals surface area contributed by atoms with Gasteiger partial charge in [0.1, 0.15) is 23.9 Å². The lowest BCUT2D eigenvalue weighted by atomic mass is 10.2. The first-order valence-electron chi connectivity index (χ1n) is 7.16. The van der Waals surface area contributed by atoms with E-state index in [9.17, 15) is 0 Å². The van der Waals surface area contributed by atoms with E-state index in [4.69, 9.17) is 9.15 Å². The van der Waals surface area contributed by atoms with E-state index < -0.39 is 0 Å². The Morgan fingerprint density at radius 2 is 2.00 bits per heavy atom. The zero-order chi connectivity index (χ0) is 15.4. The first-order valence-corrected chi connectivity index (χ1v) is 7.95. The summed E-state index contributed by atoms with van der Waals surface area (Å²) in [5.74, 6) is 2.63. The summed E-state index contributed by atoms with van der Waals surface area (Å²) >= 11 is 3.52. The van der Waals surface area contributed by atoms with E-state index in [0.717, 1.165) is 28.3 Å². The van der Waals surface area contributed by atoms with Crippen molar-refractivity contribution in [1.29, 1.82) is 0 Å². The molecule has 4 heteroatoms. The standard InChI is InChI=1S/C17H22BrNO2/c1-11(2)19-9-14-8-15(21-13(14)4)10-20-17-6-5-12(3)7-16(17)18/h5-8,11,19H,9-10H2,1-4H3. The molecule has 3 nitrogen and oxygen atoms in total.